The van der Waals surface area contributed by atoms with Crippen molar-refractivity contribution in [2.45, 2.75) is 64.3 Å². The van der Waals surface area contributed by atoms with Gasteiger partial charge in [-0.1, -0.05) is 68.1 Å². The zero-order chi connectivity index (χ0) is 24.9. The van der Waals surface area contributed by atoms with E-state index in [0.29, 0.717) is 29.4 Å². The van der Waals surface area contributed by atoms with Gasteiger partial charge >= 0.3 is 5.69 Å². The van der Waals surface area contributed by atoms with Crippen LogP contribution in [0.4, 0.5) is 0 Å². The van der Waals surface area contributed by atoms with Gasteiger partial charge in [-0.3, -0.25) is 14.8 Å². The van der Waals surface area contributed by atoms with E-state index in [9.17, 15) is 14.7 Å². The lowest BCUT2D eigenvalue weighted by Crippen LogP contribution is -2.23. The van der Waals surface area contributed by atoms with E-state index in [-0.39, 0.29) is 0 Å². The number of benzene rings is 2. The van der Waals surface area contributed by atoms with E-state index < -0.39 is 11.2 Å². The van der Waals surface area contributed by atoms with Crippen LogP contribution in [0.5, 0.6) is 5.75 Å². The van der Waals surface area contributed by atoms with E-state index in [1.54, 1.807) is 12.1 Å². The number of aromatic amines is 2. The summed E-state index contributed by atoms with van der Waals surface area (Å²) in [4.78, 5) is 34.4. The van der Waals surface area contributed by atoms with Gasteiger partial charge in [-0.05, 0) is 60.8 Å². The van der Waals surface area contributed by atoms with Gasteiger partial charge in [-0.15, -0.1) is 0 Å². The maximum absolute atomic E-state index is 12.7. The topological polar surface area (TPSA) is 104 Å². The molecule has 1 atom stereocenters. The SMILES string of the molecule is O=c1[nH]c(=O)c2c(nc(CCC(CCCc3ccc(O)cc3)C3CCCC3)n2Cc2ccccc2)[nH]1. The number of phenolic OH excluding ortho intramolecular Hbond substituents is 1. The molecule has 0 radical (unpaired) electrons. The predicted octanol–water partition coefficient (Wildman–Crippen LogP) is 4.93. The number of aromatic hydroxyl groups is 1. The molecule has 0 bridgehead atoms. The van der Waals surface area contributed by atoms with Crippen LogP contribution in [0.3, 0.4) is 0 Å². The summed E-state index contributed by atoms with van der Waals surface area (Å²) >= 11 is 0. The van der Waals surface area contributed by atoms with E-state index >= 15 is 0 Å². The Labute approximate surface area is 210 Å². The van der Waals surface area contributed by atoms with Crippen LogP contribution in [0.15, 0.2) is 64.2 Å². The van der Waals surface area contributed by atoms with E-state index in [2.05, 4.69) is 9.97 Å². The Bertz CT molecular complexity index is 1400. The third-order valence-electron chi connectivity index (χ3n) is 7.69. The van der Waals surface area contributed by atoms with Crippen LogP contribution in [-0.4, -0.2) is 24.6 Å². The third-order valence-corrected chi connectivity index (χ3v) is 7.69. The van der Waals surface area contributed by atoms with Crippen molar-refractivity contribution < 1.29 is 5.11 Å². The molecule has 0 amide bonds. The Morgan fingerprint density at radius 2 is 1.67 bits per heavy atom. The summed E-state index contributed by atoms with van der Waals surface area (Å²) in [6.07, 6.45) is 10.2. The molecule has 1 aliphatic rings. The minimum absolute atomic E-state index is 0.307. The lowest BCUT2D eigenvalue weighted by molar-refractivity contribution is 0.291. The zero-order valence-electron chi connectivity index (χ0n) is 20.6. The number of imidazole rings is 1. The average molecular weight is 487 g/mol. The molecule has 1 aliphatic carbocycles. The van der Waals surface area contributed by atoms with E-state index in [1.165, 1.54) is 31.2 Å². The number of aromatic nitrogens is 4. The first kappa shape index (κ1) is 24.1. The Morgan fingerprint density at radius 3 is 2.42 bits per heavy atom. The highest BCUT2D eigenvalue weighted by Crippen LogP contribution is 2.36. The number of nitrogens with zero attached hydrogens (tertiary/aromatic N) is 2. The molecular weight excluding hydrogens is 452 g/mol. The highest BCUT2D eigenvalue weighted by Gasteiger charge is 2.26. The van der Waals surface area contributed by atoms with Gasteiger partial charge in [0.15, 0.2) is 11.2 Å². The van der Waals surface area contributed by atoms with Crippen LogP contribution in [0.25, 0.3) is 11.2 Å². The maximum atomic E-state index is 12.7. The van der Waals surface area contributed by atoms with Gasteiger partial charge in [0.05, 0.1) is 0 Å². The Hall–Kier alpha value is -3.61. The second-order valence-electron chi connectivity index (χ2n) is 10.1. The first-order valence-electron chi connectivity index (χ1n) is 13.1. The van der Waals surface area contributed by atoms with Crippen molar-refractivity contribution in [1.82, 2.24) is 19.5 Å². The number of fused-ring (bicyclic) bond motifs is 1. The van der Waals surface area contributed by atoms with Crippen LogP contribution in [0.2, 0.25) is 0 Å². The van der Waals surface area contributed by atoms with E-state index in [0.717, 1.165) is 49.4 Å². The van der Waals surface area contributed by atoms with Crippen molar-refractivity contribution in [3.05, 3.63) is 92.4 Å². The quantitative estimate of drug-likeness (QED) is 0.296. The predicted molar refractivity (Wildman–Crippen MR) is 141 cm³/mol. The summed E-state index contributed by atoms with van der Waals surface area (Å²) in [5.41, 5.74) is 2.21. The molecule has 1 saturated carbocycles. The molecule has 0 spiro atoms. The summed E-state index contributed by atoms with van der Waals surface area (Å²) in [5.74, 6) is 2.50. The van der Waals surface area contributed by atoms with Crippen LogP contribution in [0.1, 0.15) is 61.9 Å². The molecule has 2 aromatic carbocycles. The normalized spacial score (nSPS) is 15.0. The van der Waals surface area contributed by atoms with E-state index in [1.807, 2.05) is 47.0 Å². The molecule has 1 fully saturated rings. The number of phenols is 1. The second kappa shape index (κ2) is 11.0. The third kappa shape index (κ3) is 5.61. The standard InChI is InChI=1S/C29H34N4O3/c34-24-16-13-20(14-17-24)9-6-12-23(22-10-4-5-11-22)15-18-25-30-27-26(28(35)32-29(36)31-27)33(25)19-21-7-2-1-3-8-21/h1-3,7-8,13-14,16-17,22-23,34H,4-6,9-12,15,18-19H2,(H2,31,32,35,36). The molecule has 3 N–H and O–H groups in total. The molecule has 36 heavy (non-hydrogen) atoms. The lowest BCUT2D eigenvalue weighted by Gasteiger charge is -2.23. The number of aryl methyl sites for hydroxylation is 2. The number of nitrogens with one attached hydrogen (secondary N) is 2. The zero-order valence-corrected chi connectivity index (χ0v) is 20.6. The van der Waals surface area contributed by atoms with Crippen molar-refractivity contribution in [2.75, 3.05) is 0 Å². The van der Waals surface area contributed by atoms with Crippen molar-refractivity contribution in [1.29, 1.82) is 0 Å². The second-order valence-corrected chi connectivity index (χ2v) is 10.1. The van der Waals surface area contributed by atoms with Crippen LogP contribution in [-0.2, 0) is 19.4 Å². The van der Waals surface area contributed by atoms with Gasteiger partial charge in [0.2, 0.25) is 0 Å². The van der Waals surface area contributed by atoms with Crippen molar-refractivity contribution in [2.24, 2.45) is 11.8 Å². The molecule has 5 rings (SSSR count). The summed E-state index contributed by atoms with van der Waals surface area (Å²) in [6, 6.07) is 17.6. The fraction of sp³-hybridized carbons (Fsp3) is 0.414. The summed E-state index contributed by atoms with van der Waals surface area (Å²) in [5, 5.41) is 9.54. The van der Waals surface area contributed by atoms with Gasteiger partial charge in [-0.2, -0.15) is 0 Å². The van der Waals surface area contributed by atoms with E-state index in [4.69, 9.17) is 4.98 Å². The van der Waals surface area contributed by atoms with Gasteiger partial charge in [0, 0.05) is 13.0 Å². The smallest absolute Gasteiger partial charge is 0.327 e. The Morgan fingerprint density at radius 1 is 0.917 bits per heavy atom. The van der Waals surface area contributed by atoms with Crippen LogP contribution < -0.4 is 11.2 Å². The van der Waals surface area contributed by atoms with Crippen molar-refractivity contribution in [3.63, 3.8) is 0 Å². The summed E-state index contributed by atoms with van der Waals surface area (Å²) < 4.78 is 1.97. The van der Waals surface area contributed by atoms with Gasteiger partial charge in [-0.25, -0.2) is 9.78 Å². The van der Waals surface area contributed by atoms with Crippen molar-refractivity contribution >= 4 is 11.2 Å². The molecular formula is C29H34N4O3. The van der Waals surface area contributed by atoms with Crippen molar-refractivity contribution in [3.8, 4) is 5.75 Å². The number of rotatable bonds is 10. The minimum atomic E-state index is -0.526. The lowest BCUT2D eigenvalue weighted by atomic mass is 9.83. The average Bonchev–Trinajstić information content (AvgIpc) is 3.52. The van der Waals surface area contributed by atoms with Gasteiger partial charge in [0.25, 0.3) is 5.56 Å². The Balaban J connectivity index is 1.35. The van der Waals surface area contributed by atoms with Crippen LogP contribution in [0, 0.1) is 11.8 Å². The van der Waals surface area contributed by atoms with Gasteiger partial charge < -0.3 is 9.67 Å². The molecule has 1 unspecified atom stereocenters. The molecule has 4 aromatic rings. The summed E-state index contributed by atoms with van der Waals surface area (Å²) in [6.45, 7) is 0.538. The molecule has 188 valence electrons. The largest absolute Gasteiger partial charge is 0.508 e. The fourth-order valence-corrected chi connectivity index (χ4v) is 5.83. The number of hydrogen-bond donors (Lipinski definition) is 3. The first-order chi connectivity index (χ1) is 17.6. The fourth-order valence-electron chi connectivity index (χ4n) is 5.83. The molecule has 7 nitrogen and oxygen atoms in total. The minimum Gasteiger partial charge on any atom is -0.508 e. The summed E-state index contributed by atoms with van der Waals surface area (Å²) in [7, 11) is 0. The first-order valence-corrected chi connectivity index (χ1v) is 13.1. The molecule has 2 heterocycles. The highest BCUT2D eigenvalue weighted by molar-refractivity contribution is 5.70. The molecule has 0 saturated heterocycles. The number of H-pyrrole nitrogens is 2. The van der Waals surface area contributed by atoms with Crippen LogP contribution >= 0.6 is 0 Å². The Kier molecular flexibility index (Phi) is 7.35. The molecule has 7 heteroatoms. The number of hydrogen-bond acceptors (Lipinski definition) is 4. The monoisotopic (exact) mass is 486 g/mol. The highest BCUT2D eigenvalue weighted by atomic mass is 16.3. The van der Waals surface area contributed by atoms with Gasteiger partial charge in [0.1, 0.15) is 11.6 Å². The molecule has 0 aliphatic heterocycles. The molecule has 2 aromatic heterocycles. The maximum Gasteiger partial charge on any atom is 0.327 e.